The second kappa shape index (κ2) is 11.5. The molecule has 2 aromatic carbocycles. The van der Waals surface area contributed by atoms with Gasteiger partial charge in [0.05, 0.1) is 12.2 Å². The highest BCUT2D eigenvalue weighted by Crippen LogP contribution is 2.41. The Morgan fingerprint density at radius 1 is 0.829 bits per heavy atom. The van der Waals surface area contributed by atoms with Crippen LogP contribution in [-0.4, -0.2) is 18.7 Å². The van der Waals surface area contributed by atoms with Gasteiger partial charge in [-0.2, -0.15) is 0 Å². The van der Waals surface area contributed by atoms with E-state index in [1.54, 1.807) is 19.1 Å². The number of carbonyl (C=O) groups excluding carboxylic acids is 1. The normalized spacial score (nSPS) is 24.7. The van der Waals surface area contributed by atoms with E-state index in [9.17, 15) is 9.18 Å². The molecule has 0 aliphatic heterocycles. The lowest BCUT2D eigenvalue weighted by atomic mass is 9.76. The van der Waals surface area contributed by atoms with Crippen LogP contribution in [0.5, 0.6) is 5.75 Å². The molecule has 3 nitrogen and oxygen atoms in total. The van der Waals surface area contributed by atoms with Gasteiger partial charge < -0.3 is 9.47 Å². The van der Waals surface area contributed by atoms with Crippen LogP contribution in [0.25, 0.3) is 0 Å². The fourth-order valence-corrected chi connectivity index (χ4v) is 5.70. The molecule has 2 aliphatic rings. The summed E-state index contributed by atoms with van der Waals surface area (Å²) < 4.78 is 54.9. The molecule has 35 heavy (non-hydrogen) atoms. The maximum atomic E-state index is 15.1. The number of hydrogen-bond donors (Lipinski definition) is 0. The van der Waals surface area contributed by atoms with Crippen molar-refractivity contribution in [3.05, 3.63) is 64.5 Å². The van der Waals surface area contributed by atoms with Crippen LogP contribution in [0.3, 0.4) is 0 Å². The average Bonchev–Trinajstić information content (AvgIpc) is 2.87. The third-order valence-corrected chi connectivity index (χ3v) is 7.86. The first-order valence-electron chi connectivity index (χ1n) is 13.0. The molecule has 0 radical (unpaired) electrons. The van der Waals surface area contributed by atoms with Crippen molar-refractivity contribution >= 4 is 5.97 Å². The number of esters is 1. The molecule has 0 aromatic heterocycles. The predicted molar refractivity (Wildman–Crippen MR) is 129 cm³/mol. The van der Waals surface area contributed by atoms with E-state index in [4.69, 9.17) is 9.47 Å². The van der Waals surface area contributed by atoms with Gasteiger partial charge in [0.1, 0.15) is 6.10 Å². The van der Waals surface area contributed by atoms with Crippen LogP contribution in [0.2, 0.25) is 0 Å². The number of halogens is 3. The Labute approximate surface area is 206 Å². The molecule has 2 aromatic rings. The Hall–Kier alpha value is -2.50. The monoisotopic (exact) mass is 488 g/mol. The summed E-state index contributed by atoms with van der Waals surface area (Å²) in [6, 6.07) is 7.57. The Kier molecular flexibility index (Phi) is 8.40. The molecule has 0 unspecified atom stereocenters. The summed E-state index contributed by atoms with van der Waals surface area (Å²) in [6.07, 6.45) is 7.14. The third kappa shape index (κ3) is 5.84. The lowest BCUT2D eigenvalue weighted by Crippen LogP contribution is -2.24. The third-order valence-electron chi connectivity index (χ3n) is 7.86. The van der Waals surface area contributed by atoms with E-state index in [2.05, 4.69) is 6.92 Å². The predicted octanol–water partition coefficient (Wildman–Crippen LogP) is 8.07. The van der Waals surface area contributed by atoms with Crippen molar-refractivity contribution in [1.82, 2.24) is 0 Å². The number of benzene rings is 2. The van der Waals surface area contributed by atoms with Crippen LogP contribution in [0.15, 0.2) is 30.3 Å². The topological polar surface area (TPSA) is 35.5 Å². The fraction of sp³-hybridized carbons (Fsp3) is 0.552. The maximum absolute atomic E-state index is 15.1. The van der Waals surface area contributed by atoms with Crippen molar-refractivity contribution in [3.63, 3.8) is 0 Å². The van der Waals surface area contributed by atoms with E-state index in [-0.39, 0.29) is 29.3 Å². The van der Waals surface area contributed by atoms with Gasteiger partial charge >= 0.3 is 5.97 Å². The van der Waals surface area contributed by atoms with Gasteiger partial charge in [-0.25, -0.2) is 18.0 Å². The van der Waals surface area contributed by atoms with Crippen LogP contribution in [0.4, 0.5) is 13.2 Å². The molecule has 4 rings (SSSR count). The van der Waals surface area contributed by atoms with Gasteiger partial charge in [0.2, 0.25) is 0 Å². The van der Waals surface area contributed by atoms with Gasteiger partial charge in [-0.05, 0) is 105 Å². The molecule has 0 atom stereocenters. The molecule has 0 spiro atoms. The fourth-order valence-electron chi connectivity index (χ4n) is 5.70. The largest absolute Gasteiger partial charge is 0.491 e. The second-order valence-corrected chi connectivity index (χ2v) is 9.96. The summed E-state index contributed by atoms with van der Waals surface area (Å²) in [6.45, 7) is 4.28. The van der Waals surface area contributed by atoms with Crippen molar-refractivity contribution in [2.45, 2.75) is 89.6 Å². The number of carbonyl (C=O) groups is 1. The highest BCUT2D eigenvalue weighted by molar-refractivity contribution is 5.89. The van der Waals surface area contributed by atoms with Crippen molar-refractivity contribution in [2.75, 3.05) is 6.61 Å². The zero-order chi connectivity index (χ0) is 24.9. The average molecular weight is 489 g/mol. The van der Waals surface area contributed by atoms with Crippen molar-refractivity contribution in [3.8, 4) is 5.75 Å². The summed E-state index contributed by atoms with van der Waals surface area (Å²) in [5.41, 5.74) is 1.07. The molecule has 0 heterocycles. The minimum Gasteiger partial charge on any atom is -0.491 e. The number of rotatable bonds is 7. The molecule has 0 bridgehead atoms. The van der Waals surface area contributed by atoms with Gasteiger partial charge in [-0.3, -0.25) is 0 Å². The molecule has 0 saturated heterocycles. The summed E-state index contributed by atoms with van der Waals surface area (Å²) in [4.78, 5) is 12.5. The van der Waals surface area contributed by atoms with Crippen molar-refractivity contribution in [1.29, 1.82) is 0 Å². The molecule has 0 amide bonds. The van der Waals surface area contributed by atoms with Crippen LogP contribution in [0.1, 0.15) is 105 Å². The van der Waals surface area contributed by atoms with Crippen LogP contribution >= 0.6 is 0 Å². The summed E-state index contributed by atoms with van der Waals surface area (Å²) in [7, 11) is 0. The molecule has 2 fully saturated rings. The minimum absolute atomic E-state index is 0.0958. The minimum atomic E-state index is -0.717. The van der Waals surface area contributed by atoms with Gasteiger partial charge in [0.15, 0.2) is 23.2 Å². The Balaban J connectivity index is 1.34. The van der Waals surface area contributed by atoms with Gasteiger partial charge in [-0.1, -0.05) is 25.5 Å². The van der Waals surface area contributed by atoms with Crippen LogP contribution in [0, 0.1) is 23.4 Å². The molecule has 6 heteroatoms. The summed E-state index contributed by atoms with van der Waals surface area (Å²) >= 11 is 0. The standard InChI is InChI=1S/C29H35F3O3/c1-3-18-5-7-19(8-6-18)23-14-15-24(28(32)27(23)31)20-9-12-22(13-10-20)35-29(33)21-11-16-26(34-4-2)25(30)17-21/h11,14-20,22H,3-10,12-13H2,1-2H3. The van der Waals surface area contributed by atoms with E-state index in [0.717, 1.165) is 38.2 Å². The van der Waals surface area contributed by atoms with E-state index in [1.807, 2.05) is 0 Å². The SMILES string of the molecule is CCOc1ccc(C(=O)OC2CCC(c3ccc(C4CCC(CC)CC4)c(F)c3F)CC2)cc1F. The molecule has 190 valence electrons. The highest BCUT2D eigenvalue weighted by Gasteiger charge is 2.30. The second-order valence-electron chi connectivity index (χ2n) is 9.96. The summed E-state index contributed by atoms with van der Waals surface area (Å²) in [5.74, 6) is -1.80. The first-order chi connectivity index (χ1) is 16.9. The molecular formula is C29H35F3O3. The molecular weight excluding hydrogens is 453 g/mol. The van der Waals surface area contributed by atoms with E-state index in [1.165, 1.54) is 12.1 Å². The number of hydrogen-bond acceptors (Lipinski definition) is 3. The zero-order valence-corrected chi connectivity index (χ0v) is 20.6. The highest BCUT2D eigenvalue weighted by atomic mass is 19.2. The van der Waals surface area contributed by atoms with E-state index in [0.29, 0.717) is 49.3 Å². The van der Waals surface area contributed by atoms with Gasteiger partial charge in [-0.15, -0.1) is 0 Å². The zero-order valence-electron chi connectivity index (χ0n) is 20.6. The van der Waals surface area contributed by atoms with Crippen molar-refractivity contribution < 1.29 is 27.4 Å². The first kappa shape index (κ1) is 25.6. The summed E-state index contributed by atoms with van der Waals surface area (Å²) in [5, 5.41) is 0. The lowest BCUT2D eigenvalue weighted by Gasteiger charge is -2.30. The Morgan fingerprint density at radius 2 is 1.40 bits per heavy atom. The quantitative estimate of drug-likeness (QED) is 0.370. The Bertz CT molecular complexity index is 1020. The van der Waals surface area contributed by atoms with Gasteiger partial charge in [0.25, 0.3) is 0 Å². The van der Waals surface area contributed by atoms with Crippen molar-refractivity contribution in [2.24, 2.45) is 5.92 Å². The molecule has 2 saturated carbocycles. The smallest absolute Gasteiger partial charge is 0.338 e. The molecule has 2 aliphatic carbocycles. The lowest BCUT2D eigenvalue weighted by molar-refractivity contribution is 0.0193. The van der Waals surface area contributed by atoms with E-state index < -0.39 is 23.4 Å². The van der Waals surface area contributed by atoms with Crippen LogP contribution < -0.4 is 4.74 Å². The first-order valence-corrected chi connectivity index (χ1v) is 13.0. The maximum Gasteiger partial charge on any atom is 0.338 e. The van der Waals surface area contributed by atoms with E-state index >= 15 is 8.78 Å². The van der Waals surface area contributed by atoms with Gasteiger partial charge in [0, 0.05) is 0 Å². The van der Waals surface area contributed by atoms with Crippen LogP contribution in [-0.2, 0) is 4.74 Å². The molecule has 0 N–H and O–H groups in total. The number of ether oxygens (including phenoxy) is 2. The Morgan fingerprint density at radius 3 is 1.91 bits per heavy atom.